The number of carbonyl (C=O) groups is 3. The van der Waals surface area contributed by atoms with Crippen molar-refractivity contribution in [3.63, 3.8) is 0 Å². The number of halogens is 1. The van der Waals surface area contributed by atoms with Crippen molar-refractivity contribution in [3.05, 3.63) is 100 Å². The second kappa shape index (κ2) is 9.87. The largest absolute Gasteiger partial charge is 0.494 e. The van der Waals surface area contributed by atoms with E-state index in [1.807, 2.05) is 53.6 Å². The molecule has 7 heteroatoms. The fourth-order valence-electron chi connectivity index (χ4n) is 5.92. The maximum Gasteiger partial charge on any atom is 0.240 e. The summed E-state index contributed by atoms with van der Waals surface area (Å²) in [5.74, 6) is -1.54. The number of imide groups is 1. The fourth-order valence-corrected chi connectivity index (χ4v) is 6.19. The van der Waals surface area contributed by atoms with Gasteiger partial charge in [-0.1, -0.05) is 65.7 Å². The number of amides is 2. The highest BCUT2D eigenvalue weighted by Crippen LogP contribution is 2.53. The number of benzene rings is 3. The van der Waals surface area contributed by atoms with E-state index in [0.717, 1.165) is 28.4 Å². The summed E-state index contributed by atoms with van der Waals surface area (Å²) in [5.41, 5.74) is 2.96. The topological polar surface area (TPSA) is 66.9 Å². The highest BCUT2D eigenvalue weighted by molar-refractivity contribution is 9.10. The van der Waals surface area contributed by atoms with Crippen LogP contribution in [-0.4, -0.2) is 35.1 Å². The van der Waals surface area contributed by atoms with Gasteiger partial charge in [0.2, 0.25) is 11.8 Å². The van der Waals surface area contributed by atoms with Gasteiger partial charge in [-0.05, 0) is 60.0 Å². The number of carbonyl (C=O) groups excluding carboxylic acids is 3. The maximum absolute atomic E-state index is 14.0. The number of anilines is 1. The van der Waals surface area contributed by atoms with Gasteiger partial charge in [0.25, 0.3) is 0 Å². The summed E-state index contributed by atoms with van der Waals surface area (Å²) in [6.45, 7) is 2.72. The normalized spacial score (nSPS) is 23.3. The molecule has 38 heavy (non-hydrogen) atoms. The molecule has 0 saturated carbocycles. The lowest BCUT2D eigenvalue weighted by atomic mass is 9.83. The predicted octanol–water partition coefficient (Wildman–Crippen LogP) is 6.03. The van der Waals surface area contributed by atoms with Crippen LogP contribution in [-0.2, 0) is 9.59 Å². The van der Waals surface area contributed by atoms with E-state index in [-0.39, 0.29) is 17.6 Å². The molecule has 3 heterocycles. The smallest absolute Gasteiger partial charge is 0.240 e. The molecule has 0 bridgehead atoms. The first-order chi connectivity index (χ1) is 18.5. The monoisotopic (exact) mass is 570 g/mol. The SMILES string of the molecule is CCCCOc1ccc(N2C(=O)C3C(C2=O)C2c4ccccc4C=CN2C3C(=O)c2ccc(Br)cc2)cc1. The molecule has 0 N–H and O–H groups in total. The van der Waals surface area contributed by atoms with Crippen molar-refractivity contribution in [1.82, 2.24) is 4.90 Å². The van der Waals surface area contributed by atoms with Crippen molar-refractivity contribution >= 4 is 45.3 Å². The first kappa shape index (κ1) is 24.6. The van der Waals surface area contributed by atoms with Crippen LogP contribution >= 0.6 is 15.9 Å². The highest BCUT2D eigenvalue weighted by Gasteiger charge is 2.64. The minimum Gasteiger partial charge on any atom is -0.494 e. The van der Waals surface area contributed by atoms with E-state index >= 15 is 0 Å². The van der Waals surface area contributed by atoms with Crippen LogP contribution in [0.15, 0.2) is 83.5 Å². The average Bonchev–Trinajstić information content (AvgIpc) is 3.41. The summed E-state index contributed by atoms with van der Waals surface area (Å²) >= 11 is 3.42. The molecular weight excluding hydrogens is 544 g/mol. The summed E-state index contributed by atoms with van der Waals surface area (Å²) in [7, 11) is 0. The number of ether oxygens (including phenoxy) is 1. The van der Waals surface area contributed by atoms with E-state index in [4.69, 9.17) is 4.74 Å². The lowest BCUT2D eigenvalue weighted by molar-refractivity contribution is -0.123. The Labute approximate surface area is 230 Å². The third kappa shape index (κ3) is 3.97. The number of fused-ring (bicyclic) bond motifs is 5. The van der Waals surface area contributed by atoms with E-state index in [1.54, 1.807) is 36.4 Å². The number of hydrogen-bond donors (Lipinski definition) is 0. The summed E-state index contributed by atoms with van der Waals surface area (Å²) in [6, 6.07) is 20.9. The highest BCUT2D eigenvalue weighted by atomic mass is 79.9. The van der Waals surface area contributed by atoms with Gasteiger partial charge in [0.15, 0.2) is 5.78 Å². The number of nitrogens with zero attached hydrogens (tertiary/aromatic N) is 2. The van der Waals surface area contributed by atoms with E-state index < -0.39 is 23.9 Å². The second-order valence-corrected chi connectivity index (χ2v) is 10.8. The summed E-state index contributed by atoms with van der Waals surface area (Å²) in [4.78, 5) is 45.2. The Balaban J connectivity index is 1.39. The van der Waals surface area contributed by atoms with Crippen LogP contribution in [0.2, 0.25) is 0 Å². The lowest BCUT2D eigenvalue weighted by Crippen LogP contribution is -2.44. The van der Waals surface area contributed by atoms with Crippen molar-refractivity contribution in [2.45, 2.75) is 31.8 Å². The predicted molar refractivity (Wildman–Crippen MR) is 149 cm³/mol. The van der Waals surface area contributed by atoms with Gasteiger partial charge >= 0.3 is 0 Å². The van der Waals surface area contributed by atoms with Gasteiger partial charge in [0.05, 0.1) is 30.2 Å². The van der Waals surface area contributed by atoms with Crippen LogP contribution in [0.3, 0.4) is 0 Å². The van der Waals surface area contributed by atoms with Crippen molar-refractivity contribution < 1.29 is 19.1 Å². The van der Waals surface area contributed by atoms with Gasteiger partial charge in [-0.15, -0.1) is 0 Å². The standard InChI is InChI=1S/C31H27BrN2O4/c1-2-3-18-38-23-14-12-22(13-15-23)34-30(36)25-26(31(34)37)28(29(35)20-8-10-21(32)11-9-20)33-17-16-19-6-4-5-7-24(19)27(25)33/h4-17,25-28H,2-3,18H2,1H3. The third-order valence-corrected chi connectivity index (χ3v) is 8.25. The molecule has 4 atom stereocenters. The fraction of sp³-hybridized carbons (Fsp3) is 0.258. The Morgan fingerprint density at radius 1 is 0.921 bits per heavy atom. The summed E-state index contributed by atoms with van der Waals surface area (Å²) in [5, 5.41) is 0. The molecule has 2 amide bonds. The second-order valence-electron chi connectivity index (χ2n) is 9.91. The minimum absolute atomic E-state index is 0.165. The van der Waals surface area contributed by atoms with E-state index in [2.05, 4.69) is 22.9 Å². The zero-order valence-corrected chi connectivity index (χ0v) is 22.5. The number of ketones is 1. The number of Topliss-reactive ketones (excluding diaryl/α,β-unsaturated/α-hetero) is 1. The summed E-state index contributed by atoms with van der Waals surface area (Å²) < 4.78 is 6.62. The van der Waals surface area contributed by atoms with Crippen LogP contribution < -0.4 is 9.64 Å². The van der Waals surface area contributed by atoms with Gasteiger partial charge < -0.3 is 9.64 Å². The zero-order chi connectivity index (χ0) is 26.4. The minimum atomic E-state index is -0.792. The van der Waals surface area contributed by atoms with Gasteiger partial charge in [-0.2, -0.15) is 0 Å². The molecule has 6 nitrogen and oxygen atoms in total. The Hall–Kier alpha value is -3.71. The molecule has 3 aromatic carbocycles. The van der Waals surface area contributed by atoms with Crippen molar-refractivity contribution in [1.29, 1.82) is 0 Å². The molecule has 0 aliphatic carbocycles. The number of rotatable bonds is 7. The van der Waals surface area contributed by atoms with Crippen LogP contribution in [0.25, 0.3) is 6.08 Å². The van der Waals surface area contributed by atoms with E-state index in [9.17, 15) is 14.4 Å². The Morgan fingerprint density at radius 2 is 1.63 bits per heavy atom. The van der Waals surface area contributed by atoms with Gasteiger partial charge in [-0.3, -0.25) is 14.4 Å². The molecule has 6 rings (SSSR count). The van der Waals surface area contributed by atoms with Crippen LogP contribution in [0.1, 0.15) is 47.3 Å². The first-order valence-corrected chi connectivity index (χ1v) is 13.7. The Bertz CT molecular complexity index is 1430. The molecule has 3 aromatic rings. The molecular formula is C31H27BrN2O4. The maximum atomic E-state index is 14.0. The van der Waals surface area contributed by atoms with E-state index in [1.165, 1.54) is 4.90 Å². The van der Waals surface area contributed by atoms with Gasteiger partial charge in [0, 0.05) is 16.2 Å². The molecule has 0 spiro atoms. The zero-order valence-electron chi connectivity index (χ0n) is 20.9. The average molecular weight is 571 g/mol. The lowest BCUT2D eigenvalue weighted by Gasteiger charge is -2.35. The molecule has 4 unspecified atom stereocenters. The molecule has 0 aromatic heterocycles. The Morgan fingerprint density at radius 3 is 2.37 bits per heavy atom. The third-order valence-electron chi connectivity index (χ3n) is 7.72. The van der Waals surface area contributed by atoms with Crippen LogP contribution in [0.4, 0.5) is 5.69 Å². The molecule has 3 aliphatic rings. The number of unbranched alkanes of at least 4 members (excludes halogenated alkanes) is 1. The van der Waals surface area contributed by atoms with Crippen molar-refractivity contribution in [2.75, 3.05) is 11.5 Å². The number of hydrogen-bond acceptors (Lipinski definition) is 5. The van der Waals surface area contributed by atoms with Crippen LogP contribution in [0, 0.1) is 11.8 Å². The van der Waals surface area contributed by atoms with E-state index in [0.29, 0.717) is 23.6 Å². The Kier molecular flexibility index (Phi) is 6.40. The van der Waals surface area contributed by atoms with Gasteiger partial charge in [0.1, 0.15) is 11.8 Å². The molecule has 3 aliphatic heterocycles. The van der Waals surface area contributed by atoms with Gasteiger partial charge in [-0.25, -0.2) is 4.90 Å². The first-order valence-electron chi connectivity index (χ1n) is 12.9. The van der Waals surface area contributed by atoms with Crippen molar-refractivity contribution in [3.8, 4) is 5.75 Å². The molecule has 0 radical (unpaired) electrons. The quantitative estimate of drug-likeness (QED) is 0.197. The summed E-state index contributed by atoms with van der Waals surface area (Å²) in [6.07, 6.45) is 5.82. The van der Waals surface area contributed by atoms with Crippen LogP contribution in [0.5, 0.6) is 5.75 Å². The molecule has 192 valence electrons. The molecule has 2 saturated heterocycles. The molecule has 2 fully saturated rings. The van der Waals surface area contributed by atoms with Crippen molar-refractivity contribution in [2.24, 2.45) is 11.8 Å².